The number of carbonyl (C=O) groups is 1. The average molecular weight is 273 g/mol. The highest BCUT2D eigenvalue weighted by Crippen LogP contribution is 2.51. The molecule has 3 rings (SSSR count). The van der Waals surface area contributed by atoms with E-state index < -0.39 is 0 Å². The molecule has 1 N–H and O–H groups in total. The summed E-state index contributed by atoms with van der Waals surface area (Å²) >= 11 is 0. The number of ether oxygens (including phenoxy) is 1. The number of hydrogen-bond acceptors (Lipinski definition) is 2. The molecule has 2 unspecified atom stereocenters. The molecule has 0 spiro atoms. The largest absolute Gasteiger partial charge is 0.497 e. The number of amides is 1. The summed E-state index contributed by atoms with van der Waals surface area (Å²) in [7, 11) is 1.67. The fourth-order valence-corrected chi connectivity index (χ4v) is 3.93. The summed E-state index contributed by atoms with van der Waals surface area (Å²) in [5.41, 5.74) is 2.31. The van der Waals surface area contributed by atoms with Gasteiger partial charge in [-0.15, -0.1) is 0 Å². The molecular weight excluding hydrogens is 250 g/mol. The van der Waals surface area contributed by atoms with Crippen molar-refractivity contribution in [2.45, 2.75) is 45.4 Å². The molecule has 1 saturated carbocycles. The second-order valence-corrected chi connectivity index (χ2v) is 6.76. The third kappa shape index (κ3) is 2.09. The number of fused-ring (bicyclic) bond motifs is 1. The topological polar surface area (TPSA) is 38.3 Å². The van der Waals surface area contributed by atoms with Crippen LogP contribution in [0.3, 0.4) is 0 Å². The van der Waals surface area contributed by atoms with E-state index in [-0.39, 0.29) is 17.2 Å². The lowest BCUT2D eigenvalue weighted by Crippen LogP contribution is -2.35. The Balaban J connectivity index is 2.00. The minimum Gasteiger partial charge on any atom is -0.497 e. The number of hydrogen-bond donors (Lipinski definition) is 1. The number of nitrogens with one attached hydrogen (secondary N) is 1. The highest BCUT2D eigenvalue weighted by molar-refractivity contribution is 6.03. The van der Waals surface area contributed by atoms with Gasteiger partial charge in [-0.2, -0.15) is 0 Å². The molecule has 3 nitrogen and oxygen atoms in total. The van der Waals surface area contributed by atoms with Crippen LogP contribution in [0.5, 0.6) is 5.75 Å². The van der Waals surface area contributed by atoms with Crippen molar-refractivity contribution in [1.29, 1.82) is 0 Å². The van der Waals surface area contributed by atoms with E-state index in [2.05, 4.69) is 19.2 Å². The summed E-state index contributed by atoms with van der Waals surface area (Å²) in [6.45, 7) is 4.62. The molecule has 20 heavy (non-hydrogen) atoms. The number of carbonyl (C=O) groups excluding carboxylic acids is 1. The van der Waals surface area contributed by atoms with E-state index in [1.165, 1.54) is 19.3 Å². The highest BCUT2D eigenvalue weighted by atomic mass is 16.5. The number of rotatable bonds is 2. The molecule has 0 aromatic heterocycles. The fraction of sp³-hybridized carbons (Fsp3) is 0.588. The molecule has 1 amide bonds. The lowest BCUT2D eigenvalue weighted by atomic mass is 9.63. The van der Waals surface area contributed by atoms with Crippen molar-refractivity contribution < 1.29 is 9.53 Å². The SMILES string of the molecule is COc1ccc2c(c1)C(C1CCCCC1(C)C)C(=O)N2. The molecule has 0 radical (unpaired) electrons. The average Bonchev–Trinajstić information content (AvgIpc) is 2.73. The monoisotopic (exact) mass is 273 g/mol. The maximum atomic E-state index is 12.5. The number of methoxy groups -OCH3 is 1. The lowest BCUT2D eigenvalue weighted by molar-refractivity contribution is -0.119. The molecule has 1 aliphatic heterocycles. The van der Waals surface area contributed by atoms with Crippen molar-refractivity contribution in [3.63, 3.8) is 0 Å². The first kappa shape index (κ1) is 13.5. The summed E-state index contributed by atoms with van der Waals surface area (Å²) < 4.78 is 5.32. The molecule has 1 heterocycles. The zero-order valence-corrected chi connectivity index (χ0v) is 12.5. The molecule has 0 saturated heterocycles. The number of benzene rings is 1. The molecule has 2 atom stereocenters. The molecule has 1 aliphatic carbocycles. The van der Waals surface area contributed by atoms with Crippen molar-refractivity contribution in [2.75, 3.05) is 12.4 Å². The van der Waals surface area contributed by atoms with Gasteiger partial charge in [0.1, 0.15) is 5.75 Å². The molecule has 0 bridgehead atoms. The van der Waals surface area contributed by atoms with Gasteiger partial charge in [0.15, 0.2) is 0 Å². The van der Waals surface area contributed by atoms with Crippen LogP contribution in [0.2, 0.25) is 0 Å². The second-order valence-electron chi connectivity index (χ2n) is 6.76. The molecule has 3 heteroatoms. The summed E-state index contributed by atoms with van der Waals surface area (Å²) in [5.74, 6) is 1.40. The van der Waals surface area contributed by atoms with Crippen molar-refractivity contribution in [3.8, 4) is 5.75 Å². The van der Waals surface area contributed by atoms with Gasteiger partial charge in [0.05, 0.1) is 13.0 Å². The van der Waals surface area contributed by atoms with Crippen LogP contribution in [0.1, 0.15) is 51.0 Å². The van der Waals surface area contributed by atoms with Crippen LogP contribution >= 0.6 is 0 Å². The quantitative estimate of drug-likeness (QED) is 0.886. The van der Waals surface area contributed by atoms with Gasteiger partial charge in [-0.1, -0.05) is 26.7 Å². The van der Waals surface area contributed by atoms with E-state index in [9.17, 15) is 4.79 Å². The third-order valence-corrected chi connectivity index (χ3v) is 5.13. The molecule has 1 aromatic rings. The van der Waals surface area contributed by atoms with Gasteiger partial charge >= 0.3 is 0 Å². The van der Waals surface area contributed by atoms with Crippen molar-refractivity contribution >= 4 is 11.6 Å². The standard InChI is InChI=1S/C17H23NO2/c1-17(2)9-5-4-6-13(17)15-12-10-11(20-3)7-8-14(12)18-16(15)19/h7-8,10,13,15H,4-6,9H2,1-3H3,(H,18,19). The Morgan fingerprint density at radius 2 is 2.10 bits per heavy atom. The summed E-state index contributed by atoms with van der Waals surface area (Å²) in [5, 5.41) is 3.04. The van der Waals surface area contributed by atoms with Gasteiger partial charge in [-0.05, 0) is 47.9 Å². The van der Waals surface area contributed by atoms with Crippen LogP contribution in [0.15, 0.2) is 18.2 Å². The van der Waals surface area contributed by atoms with Gasteiger partial charge in [-0.3, -0.25) is 4.79 Å². The van der Waals surface area contributed by atoms with Gasteiger partial charge in [0, 0.05) is 5.69 Å². The first-order chi connectivity index (χ1) is 9.53. The van der Waals surface area contributed by atoms with Gasteiger partial charge in [0.25, 0.3) is 0 Å². The molecule has 2 aliphatic rings. The summed E-state index contributed by atoms with van der Waals surface area (Å²) in [4.78, 5) is 12.5. The van der Waals surface area contributed by atoms with E-state index >= 15 is 0 Å². The Kier molecular flexibility index (Phi) is 3.23. The van der Waals surface area contributed by atoms with Gasteiger partial charge in [0.2, 0.25) is 5.91 Å². The maximum Gasteiger partial charge on any atom is 0.232 e. The van der Waals surface area contributed by atoms with Gasteiger partial charge < -0.3 is 10.1 Å². The minimum absolute atomic E-state index is 0.0181. The first-order valence-corrected chi connectivity index (χ1v) is 7.52. The number of anilines is 1. The Morgan fingerprint density at radius 1 is 1.30 bits per heavy atom. The van der Waals surface area contributed by atoms with E-state index in [0.717, 1.165) is 23.4 Å². The van der Waals surface area contributed by atoms with Crippen LogP contribution in [-0.4, -0.2) is 13.0 Å². The predicted molar refractivity (Wildman–Crippen MR) is 80.1 cm³/mol. The third-order valence-electron chi connectivity index (χ3n) is 5.13. The Hall–Kier alpha value is -1.51. The van der Waals surface area contributed by atoms with E-state index in [0.29, 0.717) is 5.92 Å². The first-order valence-electron chi connectivity index (χ1n) is 7.52. The molecule has 1 fully saturated rings. The van der Waals surface area contributed by atoms with Crippen LogP contribution < -0.4 is 10.1 Å². The second kappa shape index (κ2) is 4.80. The highest BCUT2D eigenvalue weighted by Gasteiger charge is 2.44. The van der Waals surface area contributed by atoms with Crippen LogP contribution in [-0.2, 0) is 4.79 Å². The van der Waals surface area contributed by atoms with Crippen molar-refractivity contribution in [1.82, 2.24) is 0 Å². The van der Waals surface area contributed by atoms with E-state index in [1.807, 2.05) is 18.2 Å². The maximum absolute atomic E-state index is 12.5. The summed E-state index contributed by atoms with van der Waals surface area (Å²) in [6, 6.07) is 5.90. The normalized spacial score (nSPS) is 27.9. The smallest absolute Gasteiger partial charge is 0.232 e. The fourth-order valence-electron chi connectivity index (χ4n) is 3.93. The molecular formula is C17H23NO2. The van der Waals surface area contributed by atoms with Crippen LogP contribution in [0, 0.1) is 11.3 Å². The lowest BCUT2D eigenvalue weighted by Gasteiger charge is -2.41. The predicted octanol–water partition coefficient (Wildman–Crippen LogP) is 3.95. The van der Waals surface area contributed by atoms with E-state index in [4.69, 9.17) is 4.74 Å². The van der Waals surface area contributed by atoms with E-state index in [1.54, 1.807) is 7.11 Å². The van der Waals surface area contributed by atoms with Crippen LogP contribution in [0.4, 0.5) is 5.69 Å². The molecule has 108 valence electrons. The summed E-state index contributed by atoms with van der Waals surface area (Å²) in [6.07, 6.45) is 4.86. The minimum atomic E-state index is -0.0181. The van der Waals surface area contributed by atoms with Gasteiger partial charge in [-0.25, -0.2) is 0 Å². The Morgan fingerprint density at radius 3 is 2.80 bits per heavy atom. The Bertz CT molecular complexity index is 536. The van der Waals surface area contributed by atoms with Crippen molar-refractivity contribution in [2.24, 2.45) is 11.3 Å². The molecule has 1 aromatic carbocycles. The zero-order valence-electron chi connectivity index (χ0n) is 12.5. The Labute approximate surface area is 120 Å². The zero-order chi connectivity index (χ0) is 14.3. The van der Waals surface area contributed by atoms with Crippen LogP contribution in [0.25, 0.3) is 0 Å². The van der Waals surface area contributed by atoms with Crippen molar-refractivity contribution in [3.05, 3.63) is 23.8 Å².